The molecule has 1 aromatic carbocycles. The Morgan fingerprint density at radius 1 is 1.38 bits per heavy atom. The lowest BCUT2D eigenvalue weighted by atomic mass is 10.1. The van der Waals surface area contributed by atoms with Crippen molar-refractivity contribution in [3.8, 4) is 0 Å². The summed E-state index contributed by atoms with van der Waals surface area (Å²) < 4.78 is 0. The van der Waals surface area contributed by atoms with Crippen molar-refractivity contribution in [2.45, 2.75) is 25.3 Å². The van der Waals surface area contributed by atoms with Gasteiger partial charge < -0.3 is 11.1 Å². The molecule has 2 heteroatoms. The van der Waals surface area contributed by atoms with Gasteiger partial charge in [-0.2, -0.15) is 0 Å². The van der Waals surface area contributed by atoms with Crippen LogP contribution in [-0.2, 0) is 6.42 Å². The van der Waals surface area contributed by atoms with Gasteiger partial charge in [0.15, 0.2) is 0 Å². The van der Waals surface area contributed by atoms with Crippen LogP contribution in [0.3, 0.4) is 0 Å². The van der Waals surface area contributed by atoms with Crippen LogP contribution < -0.4 is 11.1 Å². The minimum Gasteiger partial charge on any atom is -0.399 e. The molecular weight excluding hydrogens is 160 g/mol. The van der Waals surface area contributed by atoms with Gasteiger partial charge in [-0.25, -0.2) is 0 Å². The summed E-state index contributed by atoms with van der Waals surface area (Å²) in [5.41, 5.74) is 7.87. The predicted octanol–water partition coefficient (Wildman–Crippen LogP) is 1.56. The van der Waals surface area contributed by atoms with E-state index in [1.807, 2.05) is 12.1 Å². The van der Waals surface area contributed by atoms with Crippen molar-refractivity contribution < 1.29 is 0 Å². The molecule has 70 valence electrons. The lowest BCUT2D eigenvalue weighted by Crippen LogP contribution is -2.19. The summed E-state index contributed by atoms with van der Waals surface area (Å²) in [4.78, 5) is 0. The zero-order valence-corrected chi connectivity index (χ0v) is 7.79. The van der Waals surface area contributed by atoms with Crippen LogP contribution >= 0.6 is 0 Å². The van der Waals surface area contributed by atoms with E-state index in [0.29, 0.717) is 0 Å². The molecule has 0 radical (unpaired) electrons. The highest BCUT2D eigenvalue weighted by Crippen LogP contribution is 2.18. The molecule has 0 spiro atoms. The van der Waals surface area contributed by atoms with Crippen LogP contribution in [0, 0.1) is 0 Å². The number of hydrogen-bond donors (Lipinski definition) is 2. The quantitative estimate of drug-likeness (QED) is 0.683. The van der Waals surface area contributed by atoms with Crippen molar-refractivity contribution in [1.82, 2.24) is 5.32 Å². The molecule has 2 nitrogen and oxygen atoms in total. The number of anilines is 1. The normalized spacial score (nSPS) is 16.0. The van der Waals surface area contributed by atoms with Gasteiger partial charge in [0.2, 0.25) is 0 Å². The minimum atomic E-state index is 0.807. The molecule has 1 aliphatic rings. The average molecular weight is 176 g/mol. The number of rotatable bonds is 4. The van der Waals surface area contributed by atoms with Gasteiger partial charge in [-0.05, 0) is 43.5 Å². The second-order valence-corrected chi connectivity index (χ2v) is 3.72. The molecule has 0 bridgehead atoms. The van der Waals surface area contributed by atoms with E-state index in [-0.39, 0.29) is 0 Å². The van der Waals surface area contributed by atoms with E-state index in [0.717, 1.165) is 24.7 Å². The summed E-state index contributed by atoms with van der Waals surface area (Å²) >= 11 is 0. The first-order chi connectivity index (χ1) is 6.34. The van der Waals surface area contributed by atoms with Gasteiger partial charge in [0.1, 0.15) is 0 Å². The summed E-state index contributed by atoms with van der Waals surface area (Å²) in [6, 6.07) is 8.93. The molecule has 1 saturated carbocycles. The van der Waals surface area contributed by atoms with Crippen LogP contribution in [0.1, 0.15) is 18.4 Å². The Hall–Kier alpha value is -1.02. The standard InChI is InChI=1S/C11H16N2/c12-10-3-1-2-9(8-10)6-7-13-11-4-5-11/h1-3,8,11,13H,4-7,12H2. The summed E-state index contributed by atoms with van der Waals surface area (Å²) in [6.45, 7) is 1.08. The highest BCUT2D eigenvalue weighted by atomic mass is 14.9. The molecule has 13 heavy (non-hydrogen) atoms. The van der Waals surface area contributed by atoms with E-state index in [4.69, 9.17) is 5.73 Å². The van der Waals surface area contributed by atoms with Gasteiger partial charge in [0.25, 0.3) is 0 Å². The van der Waals surface area contributed by atoms with Crippen molar-refractivity contribution in [3.05, 3.63) is 29.8 Å². The van der Waals surface area contributed by atoms with Crippen LogP contribution in [0.15, 0.2) is 24.3 Å². The molecule has 0 amide bonds. The van der Waals surface area contributed by atoms with Crippen molar-refractivity contribution in [1.29, 1.82) is 0 Å². The molecule has 1 aromatic rings. The maximum atomic E-state index is 5.68. The third-order valence-electron chi connectivity index (χ3n) is 2.38. The van der Waals surface area contributed by atoms with E-state index in [9.17, 15) is 0 Å². The third kappa shape index (κ3) is 2.74. The first kappa shape index (κ1) is 8.57. The van der Waals surface area contributed by atoms with E-state index < -0.39 is 0 Å². The second-order valence-electron chi connectivity index (χ2n) is 3.72. The Kier molecular flexibility index (Phi) is 2.50. The van der Waals surface area contributed by atoms with Crippen LogP contribution in [-0.4, -0.2) is 12.6 Å². The molecule has 0 atom stereocenters. The maximum Gasteiger partial charge on any atom is 0.0316 e. The first-order valence-electron chi connectivity index (χ1n) is 4.92. The average Bonchev–Trinajstić information content (AvgIpc) is 2.88. The van der Waals surface area contributed by atoms with Gasteiger partial charge in [-0.3, -0.25) is 0 Å². The molecule has 0 saturated heterocycles. The fourth-order valence-corrected chi connectivity index (χ4v) is 1.46. The number of nitrogens with two attached hydrogens (primary N) is 1. The number of benzene rings is 1. The van der Waals surface area contributed by atoms with Gasteiger partial charge in [0.05, 0.1) is 0 Å². The molecule has 0 unspecified atom stereocenters. The van der Waals surface area contributed by atoms with E-state index in [1.165, 1.54) is 18.4 Å². The van der Waals surface area contributed by atoms with Gasteiger partial charge >= 0.3 is 0 Å². The lowest BCUT2D eigenvalue weighted by Gasteiger charge is -2.03. The summed E-state index contributed by atoms with van der Waals surface area (Å²) in [5, 5.41) is 3.48. The molecule has 1 fully saturated rings. The first-order valence-corrected chi connectivity index (χ1v) is 4.92. The summed E-state index contributed by atoms with van der Waals surface area (Å²) in [6.07, 6.45) is 3.80. The van der Waals surface area contributed by atoms with Crippen molar-refractivity contribution in [2.24, 2.45) is 0 Å². The zero-order chi connectivity index (χ0) is 9.10. The predicted molar refractivity (Wildman–Crippen MR) is 55.6 cm³/mol. The Balaban J connectivity index is 1.79. The molecule has 0 aromatic heterocycles. The fraction of sp³-hybridized carbons (Fsp3) is 0.455. The Morgan fingerprint density at radius 3 is 2.92 bits per heavy atom. The van der Waals surface area contributed by atoms with E-state index >= 15 is 0 Å². The largest absolute Gasteiger partial charge is 0.399 e. The van der Waals surface area contributed by atoms with Crippen LogP contribution in [0.25, 0.3) is 0 Å². The number of hydrogen-bond acceptors (Lipinski definition) is 2. The molecule has 0 aliphatic heterocycles. The monoisotopic (exact) mass is 176 g/mol. The number of nitrogen functional groups attached to an aromatic ring is 1. The van der Waals surface area contributed by atoms with Gasteiger partial charge in [0, 0.05) is 11.7 Å². The summed E-state index contributed by atoms with van der Waals surface area (Å²) in [7, 11) is 0. The van der Waals surface area contributed by atoms with Gasteiger partial charge in [-0.1, -0.05) is 12.1 Å². The van der Waals surface area contributed by atoms with Gasteiger partial charge in [-0.15, -0.1) is 0 Å². The molecule has 1 aliphatic carbocycles. The van der Waals surface area contributed by atoms with E-state index in [1.54, 1.807) is 0 Å². The van der Waals surface area contributed by atoms with Crippen molar-refractivity contribution in [2.75, 3.05) is 12.3 Å². The van der Waals surface area contributed by atoms with Crippen molar-refractivity contribution in [3.63, 3.8) is 0 Å². The maximum absolute atomic E-state index is 5.68. The Bertz CT molecular complexity index is 279. The van der Waals surface area contributed by atoms with Crippen LogP contribution in [0.4, 0.5) is 5.69 Å². The zero-order valence-electron chi connectivity index (χ0n) is 7.79. The Labute approximate surface area is 79.1 Å². The summed E-state index contributed by atoms with van der Waals surface area (Å²) in [5.74, 6) is 0. The smallest absolute Gasteiger partial charge is 0.0316 e. The molecular formula is C11H16N2. The molecule has 0 heterocycles. The topological polar surface area (TPSA) is 38.0 Å². The Morgan fingerprint density at radius 2 is 2.23 bits per heavy atom. The second kappa shape index (κ2) is 3.79. The SMILES string of the molecule is Nc1cccc(CCNC2CC2)c1. The van der Waals surface area contributed by atoms with Crippen LogP contribution in [0.5, 0.6) is 0 Å². The highest BCUT2D eigenvalue weighted by molar-refractivity contribution is 5.40. The minimum absolute atomic E-state index is 0.807. The van der Waals surface area contributed by atoms with E-state index in [2.05, 4.69) is 17.4 Å². The molecule has 3 N–H and O–H groups in total. The van der Waals surface area contributed by atoms with Crippen molar-refractivity contribution >= 4 is 5.69 Å². The third-order valence-corrected chi connectivity index (χ3v) is 2.38. The lowest BCUT2D eigenvalue weighted by molar-refractivity contribution is 0.682. The van der Waals surface area contributed by atoms with Crippen LogP contribution in [0.2, 0.25) is 0 Å². The fourth-order valence-electron chi connectivity index (χ4n) is 1.46. The molecule has 2 rings (SSSR count). The highest BCUT2D eigenvalue weighted by Gasteiger charge is 2.19. The number of nitrogens with one attached hydrogen (secondary N) is 1.